The second-order valence-corrected chi connectivity index (χ2v) is 3.95. The van der Waals surface area contributed by atoms with Gasteiger partial charge in [-0.05, 0) is 6.07 Å². The molecule has 3 heteroatoms. The van der Waals surface area contributed by atoms with Gasteiger partial charge in [-0.3, -0.25) is 4.99 Å². The Kier molecular flexibility index (Phi) is 1.46. The van der Waals surface area contributed by atoms with Gasteiger partial charge in [-0.1, -0.05) is 30.0 Å². The molecule has 0 aliphatic carbocycles. The molecule has 0 amide bonds. The van der Waals surface area contributed by atoms with Crippen molar-refractivity contribution in [1.82, 2.24) is 4.98 Å². The molecule has 1 aliphatic rings. The Morgan fingerprint density at radius 2 is 2.23 bits per heavy atom. The zero-order valence-corrected chi connectivity index (χ0v) is 7.77. The molecule has 64 valence electrons. The van der Waals surface area contributed by atoms with Crippen LogP contribution in [0.3, 0.4) is 0 Å². The fraction of sp³-hybridized carbons (Fsp3) is 0.100. The minimum absolute atomic E-state index is 0.833. The average molecular weight is 188 g/mol. The predicted molar refractivity (Wildman–Crippen MR) is 56.6 cm³/mol. The molecule has 0 radical (unpaired) electrons. The van der Waals surface area contributed by atoms with E-state index in [-0.39, 0.29) is 0 Å². The number of thioether (sulfide) groups is 1. The minimum atomic E-state index is 0.833. The van der Waals surface area contributed by atoms with Gasteiger partial charge in [0.25, 0.3) is 0 Å². The van der Waals surface area contributed by atoms with Crippen LogP contribution in [0.1, 0.15) is 5.56 Å². The summed E-state index contributed by atoms with van der Waals surface area (Å²) in [6, 6.07) is 8.33. The lowest BCUT2D eigenvalue weighted by Crippen LogP contribution is -1.89. The summed E-state index contributed by atoms with van der Waals surface area (Å²) in [6.07, 6.45) is 1.96. The summed E-state index contributed by atoms with van der Waals surface area (Å²) in [5, 5.41) is 2.52. The first-order chi connectivity index (χ1) is 6.45. The zero-order valence-electron chi connectivity index (χ0n) is 6.95. The fourth-order valence-electron chi connectivity index (χ4n) is 1.61. The third kappa shape index (κ3) is 1.00. The molecule has 0 atom stereocenters. The quantitative estimate of drug-likeness (QED) is 0.676. The molecule has 1 aromatic carbocycles. The topological polar surface area (TPSA) is 28.1 Å². The highest BCUT2D eigenvalue weighted by atomic mass is 32.2. The maximum Gasteiger partial charge on any atom is 0.0904 e. The lowest BCUT2D eigenvalue weighted by molar-refractivity contribution is 1.20. The van der Waals surface area contributed by atoms with Crippen LogP contribution >= 0.6 is 11.8 Å². The van der Waals surface area contributed by atoms with Gasteiger partial charge in [0.1, 0.15) is 0 Å². The lowest BCUT2D eigenvalue weighted by atomic mass is 10.2. The van der Waals surface area contributed by atoms with E-state index < -0.39 is 0 Å². The number of rotatable bonds is 0. The van der Waals surface area contributed by atoms with E-state index in [2.05, 4.69) is 28.2 Å². The maximum absolute atomic E-state index is 4.26. The van der Waals surface area contributed by atoms with Crippen molar-refractivity contribution in [2.45, 2.75) is 5.03 Å². The number of nitrogens with one attached hydrogen (secondary N) is 1. The molecule has 1 aromatic heterocycles. The number of benzene rings is 1. The van der Waals surface area contributed by atoms with Crippen molar-refractivity contribution in [3.8, 4) is 0 Å². The summed E-state index contributed by atoms with van der Waals surface area (Å²) < 4.78 is 0. The van der Waals surface area contributed by atoms with Gasteiger partial charge in [-0.2, -0.15) is 0 Å². The maximum atomic E-state index is 4.26. The molecule has 13 heavy (non-hydrogen) atoms. The highest BCUT2D eigenvalue weighted by molar-refractivity contribution is 7.99. The van der Waals surface area contributed by atoms with Crippen LogP contribution in [0, 0.1) is 0 Å². The minimum Gasteiger partial charge on any atom is -0.349 e. The van der Waals surface area contributed by atoms with E-state index in [1.54, 1.807) is 11.8 Å². The molecule has 1 N–H and O–H groups in total. The Hall–Kier alpha value is -1.22. The summed E-state index contributed by atoms with van der Waals surface area (Å²) >= 11 is 1.76. The fourth-order valence-corrected chi connectivity index (χ4v) is 2.39. The number of H-pyrrole nitrogens is 1. The van der Waals surface area contributed by atoms with Crippen molar-refractivity contribution in [2.24, 2.45) is 4.99 Å². The largest absolute Gasteiger partial charge is 0.349 e. The molecule has 2 aromatic rings. The first kappa shape index (κ1) is 7.21. The highest BCUT2D eigenvalue weighted by Crippen LogP contribution is 2.30. The second-order valence-electron chi connectivity index (χ2n) is 3.00. The third-order valence-corrected chi connectivity index (χ3v) is 3.10. The molecule has 0 fully saturated rings. The summed E-state index contributed by atoms with van der Waals surface area (Å²) in [4.78, 5) is 7.65. The van der Waals surface area contributed by atoms with Gasteiger partial charge in [0.15, 0.2) is 0 Å². The standard InChI is InChI=1S/C10H8N2S/c1-2-4-9-7(3-1)8-5-11-6-13-10(8)12-9/h1-5,12H,6H2. The number of para-hydroxylation sites is 1. The summed E-state index contributed by atoms with van der Waals surface area (Å²) in [6.45, 7) is 0. The molecule has 3 rings (SSSR count). The number of hydrogen-bond acceptors (Lipinski definition) is 2. The first-order valence-electron chi connectivity index (χ1n) is 4.18. The van der Waals surface area contributed by atoms with Crippen molar-refractivity contribution < 1.29 is 0 Å². The van der Waals surface area contributed by atoms with Gasteiger partial charge >= 0.3 is 0 Å². The Bertz CT molecular complexity index is 485. The zero-order chi connectivity index (χ0) is 8.67. The smallest absolute Gasteiger partial charge is 0.0904 e. The number of aliphatic imine (C=N–C) groups is 1. The summed E-state index contributed by atoms with van der Waals surface area (Å²) in [5.74, 6) is 0.833. The Morgan fingerprint density at radius 3 is 3.23 bits per heavy atom. The molecule has 0 saturated carbocycles. The van der Waals surface area contributed by atoms with Crippen molar-refractivity contribution in [3.05, 3.63) is 29.8 Å². The monoisotopic (exact) mass is 188 g/mol. The molecule has 2 heterocycles. The van der Waals surface area contributed by atoms with E-state index in [0.717, 1.165) is 5.88 Å². The van der Waals surface area contributed by atoms with E-state index in [4.69, 9.17) is 0 Å². The molecular weight excluding hydrogens is 180 g/mol. The molecule has 0 bridgehead atoms. The van der Waals surface area contributed by atoms with Crippen LogP contribution < -0.4 is 0 Å². The van der Waals surface area contributed by atoms with Crippen LogP contribution in [0.4, 0.5) is 0 Å². The van der Waals surface area contributed by atoms with Crippen molar-refractivity contribution >= 4 is 28.9 Å². The van der Waals surface area contributed by atoms with Gasteiger partial charge in [-0.15, -0.1) is 0 Å². The SMILES string of the molecule is C1=NCSc2[nH]c3ccccc3c21. The third-order valence-electron chi connectivity index (χ3n) is 2.21. The van der Waals surface area contributed by atoms with E-state index in [1.165, 1.54) is 21.5 Å². The second kappa shape index (κ2) is 2.64. The number of hydrogen-bond donors (Lipinski definition) is 1. The Balaban J connectivity index is 2.42. The number of fused-ring (bicyclic) bond motifs is 3. The normalized spacial score (nSPS) is 14.8. The number of aromatic nitrogens is 1. The van der Waals surface area contributed by atoms with Crippen LogP contribution in [0.15, 0.2) is 34.3 Å². The van der Waals surface area contributed by atoms with E-state index in [9.17, 15) is 0 Å². The van der Waals surface area contributed by atoms with Gasteiger partial charge in [0.2, 0.25) is 0 Å². The molecular formula is C10H8N2S. The molecule has 2 nitrogen and oxygen atoms in total. The van der Waals surface area contributed by atoms with Gasteiger partial charge in [-0.25, -0.2) is 0 Å². The first-order valence-corrected chi connectivity index (χ1v) is 5.17. The van der Waals surface area contributed by atoms with E-state index >= 15 is 0 Å². The number of nitrogens with zero attached hydrogens (tertiary/aromatic N) is 1. The number of aromatic amines is 1. The van der Waals surface area contributed by atoms with Gasteiger partial charge < -0.3 is 4.98 Å². The van der Waals surface area contributed by atoms with Crippen LogP contribution in [0.2, 0.25) is 0 Å². The van der Waals surface area contributed by atoms with Gasteiger partial charge in [0, 0.05) is 22.7 Å². The van der Waals surface area contributed by atoms with E-state index in [1.807, 2.05) is 12.3 Å². The lowest BCUT2D eigenvalue weighted by Gasteiger charge is -2.02. The molecule has 0 saturated heterocycles. The van der Waals surface area contributed by atoms with Crippen LogP contribution in [0.25, 0.3) is 10.9 Å². The molecule has 1 aliphatic heterocycles. The highest BCUT2D eigenvalue weighted by Gasteiger charge is 2.11. The van der Waals surface area contributed by atoms with Crippen molar-refractivity contribution in [2.75, 3.05) is 5.88 Å². The summed E-state index contributed by atoms with van der Waals surface area (Å²) in [5.41, 5.74) is 2.44. The van der Waals surface area contributed by atoms with E-state index in [0.29, 0.717) is 0 Å². The predicted octanol–water partition coefficient (Wildman–Crippen LogP) is 2.65. The Labute approximate surface area is 80.1 Å². The molecule has 0 spiro atoms. The van der Waals surface area contributed by atoms with Crippen LogP contribution in [-0.4, -0.2) is 17.1 Å². The van der Waals surface area contributed by atoms with Crippen LogP contribution in [-0.2, 0) is 0 Å². The Morgan fingerprint density at radius 1 is 1.31 bits per heavy atom. The van der Waals surface area contributed by atoms with Crippen molar-refractivity contribution in [1.29, 1.82) is 0 Å². The molecule has 0 unspecified atom stereocenters. The summed E-state index contributed by atoms with van der Waals surface area (Å²) in [7, 11) is 0. The van der Waals surface area contributed by atoms with Gasteiger partial charge in [0.05, 0.1) is 10.9 Å². The van der Waals surface area contributed by atoms with Crippen molar-refractivity contribution in [3.63, 3.8) is 0 Å². The van der Waals surface area contributed by atoms with Crippen LogP contribution in [0.5, 0.6) is 0 Å². The average Bonchev–Trinajstić information content (AvgIpc) is 2.56.